The Bertz CT molecular complexity index is 329. The van der Waals surface area contributed by atoms with Crippen LogP contribution in [0, 0.1) is 5.92 Å². The van der Waals surface area contributed by atoms with Gasteiger partial charge in [-0.3, -0.25) is 4.99 Å². The van der Waals surface area contributed by atoms with Gasteiger partial charge >= 0.3 is 0 Å². The Balaban J connectivity index is 1.83. The molecule has 2 aliphatic rings. The summed E-state index contributed by atoms with van der Waals surface area (Å²) in [5.74, 6) is 3.05. The maximum Gasteiger partial charge on any atom is 0.193 e. The van der Waals surface area contributed by atoms with E-state index in [1.54, 1.807) is 0 Å². The first-order valence-corrected chi connectivity index (χ1v) is 8.27. The van der Waals surface area contributed by atoms with Crippen molar-refractivity contribution in [2.45, 2.75) is 25.0 Å². The van der Waals surface area contributed by atoms with Gasteiger partial charge in [0.25, 0.3) is 0 Å². The Hall–Kier alpha value is -0.420. The first-order valence-electron chi connectivity index (χ1n) is 7.28. The first kappa shape index (κ1) is 15.0. The van der Waals surface area contributed by atoms with Crippen LogP contribution in [0.2, 0.25) is 0 Å². The van der Waals surface area contributed by atoms with E-state index in [0.717, 1.165) is 31.5 Å². The molecule has 2 aliphatic heterocycles. The Morgan fingerprint density at radius 3 is 2.79 bits per heavy atom. The standard InChI is InChI=1S/C14H28N4S/c1-14(2)11-18(7-8-19-14)13(15-3)16-9-12-5-6-17(4)10-12/h12H,5-11H2,1-4H3,(H,15,16). The molecule has 0 aromatic heterocycles. The maximum atomic E-state index is 4.47. The predicted octanol–water partition coefficient (Wildman–Crippen LogP) is 1.34. The molecule has 1 N–H and O–H groups in total. The number of rotatable bonds is 2. The van der Waals surface area contributed by atoms with Crippen LogP contribution in [-0.2, 0) is 0 Å². The van der Waals surface area contributed by atoms with Crippen LogP contribution in [-0.4, -0.2) is 73.1 Å². The van der Waals surface area contributed by atoms with Crippen molar-refractivity contribution in [2.75, 3.05) is 52.6 Å². The summed E-state index contributed by atoms with van der Waals surface area (Å²) in [5, 5.41) is 3.58. The first-order chi connectivity index (χ1) is 9.00. The van der Waals surface area contributed by atoms with Crippen LogP contribution in [0.5, 0.6) is 0 Å². The van der Waals surface area contributed by atoms with Gasteiger partial charge in [0.05, 0.1) is 0 Å². The summed E-state index contributed by atoms with van der Waals surface area (Å²) in [7, 11) is 4.11. The molecule has 1 atom stereocenters. The lowest BCUT2D eigenvalue weighted by Crippen LogP contribution is -2.51. The van der Waals surface area contributed by atoms with Crippen molar-refractivity contribution in [2.24, 2.45) is 10.9 Å². The van der Waals surface area contributed by atoms with Gasteiger partial charge in [0.1, 0.15) is 0 Å². The minimum Gasteiger partial charge on any atom is -0.356 e. The van der Waals surface area contributed by atoms with Crippen LogP contribution in [0.4, 0.5) is 0 Å². The third kappa shape index (κ3) is 4.28. The number of thioether (sulfide) groups is 1. The number of nitrogens with one attached hydrogen (secondary N) is 1. The van der Waals surface area contributed by atoms with E-state index in [4.69, 9.17) is 0 Å². The smallest absolute Gasteiger partial charge is 0.193 e. The Morgan fingerprint density at radius 2 is 2.21 bits per heavy atom. The second-order valence-electron chi connectivity index (χ2n) is 6.37. The van der Waals surface area contributed by atoms with Gasteiger partial charge in [0.15, 0.2) is 5.96 Å². The molecule has 1 unspecified atom stereocenters. The zero-order chi connectivity index (χ0) is 13.9. The molecule has 0 amide bonds. The van der Waals surface area contributed by atoms with Gasteiger partial charge in [-0.15, -0.1) is 0 Å². The minimum absolute atomic E-state index is 0.337. The number of hydrogen-bond acceptors (Lipinski definition) is 3. The molecule has 0 saturated carbocycles. The summed E-state index contributed by atoms with van der Waals surface area (Å²) >= 11 is 2.06. The molecule has 0 aliphatic carbocycles. The van der Waals surface area contributed by atoms with E-state index in [2.05, 4.69) is 52.8 Å². The van der Waals surface area contributed by atoms with Crippen molar-refractivity contribution < 1.29 is 0 Å². The van der Waals surface area contributed by atoms with Crippen LogP contribution in [0.15, 0.2) is 4.99 Å². The predicted molar refractivity (Wildman–Crippen MR) is 85.1 cm³/mol. The molecule has 110 valence electrons. The molecule has 2 saturated heterocycles. The molecular weight excluding hydrogens is 256 g/mol. The molecule has 0 radical (unpaired) electrons. The fourth-order valence-corrected chi connectivity index (χ4v) is 4.07. The van der Waals surface area contributed by atoms with Crippen LogP contribution < -0.4 is 5.32 Å². The third-order valence-electron chi connectivity index (χ3n) is 3.97. The Morgan fingerprint density at radius 1 is 1.42 bits per heavy atom. The minimum atomic E-state index is 0.337. The molecule has 4 nitrogen and oxygen atoms in total. The average molecular weight is 284 g/mol. The molecule has 0 bridgehead atoms. The zero-order valence-electron chi connectivity index (χ0n) is 12.8. The number of hydrogen-bond donors (Lipinski definition) is 1. The topological polar surface area (TPSA) is 30.9 Å². The van der Waals surface area contributed by atoms with Gasteiger partial charge in [-0.25, -0.2) is 0 Å². The normalized spacial score (nSPS) is 28.7. The van der Waals surface area contributed by atoms with Gasteiger partial charge in [0.2, 0.25) is 0 Å². The quantitative estimate of drug-likeness (QED) is 0.612. The highest BCUT2D eigenvalue weighted by Crippen LogP contribution is 2.29. The maximum absolute atomic E-state index is 4.47. The van der Waals surface area contributed by atoms with E-state index in [-0.39, 0.29) is 0 Å². The molecule has 0 aromatic rings. The fraction of sp³-hybridized carbons (Fsp3) is 0.929. The lowest BCUT2D eigenvalue weighted by atomic mass is 10.1. The van der Waals surface area contributed by atoms with E-state index < -0.39 is 0 Å². The number of aliphatic imine (C=N–C) groups is 1. The highest BCUT2D eigenvalue weighted by atomic mass is 32.2. The highest BCUT2D eigenvalue weighted by molar-refractivity contribution is 8.00. The molecular formula is C14H28N4S. The van der Waals surface area contributed by atoms with Gasteiger partial charge in [-0.05, 0) is 39.8 Å². The lowest BCUT2D eigenvalue weighted by molar-refractivity contribution is 0.366. The SMILES string of the molecule is CN=C(NCC1CCN(C)C1)N1CCSC(C)(C)C1. The number of likely N-dealkylation sites (tertiary alicyclic amines) is 1. The van der Waals surface area contributed by atoms with Gasteiger partial charge in [0, 0.05) is 43.7 Å². The van der Waals surface area contributed by atoms with E-state index >= 15 is 0 Å². The summed E-state index contributed by atoms with van der Waals surface area (Å²) in [5.41, 5.74) is 0. The van der Waals surface area contributed by atoms with Crippen LogP contribution in [0.25, 0.3) is 0 Å². The second kappa shape index (κ2) is 6.35. The molecule has 2 rings (SSSR count). The fourth-order valence-electron chi connectivity index (χ4n) is 2.96. The summed E-state index contributed by atoms with van der Waals surface area (Å²) in [4.78, 5) is 9.29. The van der Waals surface area contributed by atoms with Crippen LogP contribution >= 0.6 is 11.8 Å². The monoisotopic (exact) mass is 284 g/mol. The second-order valence-corrected chi connectivity index (χ2v) is 8.18. The van der Waals surface area contributed by atoms with E-state index in [1.807, 2.05) is 7.05 Å². The Kier molecular flexibility index (Phi) is 5.01. The largest absolute Gasteiger partial charge is 0.356 e. The molecule has 19 heavy (non-hydrogen) atoms. The van der Waals surface area contributed by atoms with Crippen molar-refractivity contribution in [3.05, 3.63) is 0 Å². The van der Waals surface area contributed by atoms with Crippen LogP contribution in [0.3, 0.4) is 0 Å². The summed E-state index contributed by atoms with van der Waals surface area (Å²) in [6.07, 6.45) is 1.31. The van der Waals surface area contributed by atoms with Crippen molar-refractivity contribution in [3.63, 3.8) is 0 Å². The lowest BCUT2D eigenvalue weighted by Gasteiger charge is -2.39. The van der Waals surface area contributed by atoms with Crippen molar-refractivity contribution in [3.8, 4) is 0 Å². The van der Waals surface area contributed by atoms with Gasteiger partial charge in [-0.2, -0.15) is 11.8 Å². The van der Waals surface area contributed by atoms with Crippen molar-refractivity contribution >= 4 is 17.7 Å². The van der Waals surface area contributed by atoms with Gasteiger partial charge < -0.3 is 15.1 Å². The van der Waals surface area contributed by atoms with E-state index in [9.17, 15) is 0 Å². The van der Waals surface area contributed by atoms with Gasteiger partial charge in [-0.1, -0.05) is 0 Å². The highest BCUT2D eigenvalue weighted by Gasteiger charge is 2.29. The Labute approximate surface area is 122 Å². The molecule has 0 aromatic carbocycles. The number of guanidine groups is 1. The molecule has 0 spiro atoms. The van der Waals surface area contributed by atoms with E-state index in [0.29, 0.717) is 4.75 Å². The number of nitrogens with zero attached hydrogens (tertiary/aromatic N) is 3. The summed E-state index contributed by atoms with van der Waals surface area (Å²) < 4.78 is 0.337. The molecule has 2 fully saturated rings. The third-order valence-corrected chi connectivity index (χ3v) is 5.27. The van der Waals surface area contributed by atoms with Crippen molar-refractivity contribution in [1.29, 1.82) is 0 Å². The zero-order valence-corrected chi connectivity index (χ0v) is 13.6. The summed E-state index contributed by atoms with van der Waals surface area (Å²) in [6.45, 7) is 10.3. The average Bonchev–Trinajstić information content (AvgIpc) is 2.75. The summed E-state index contributed by atoms with van der Waals surface area (Å²) in [6, 6.07) is 0. The van der Waals surface area contributed by atoms with E-state index in [1.165, 1.54) is 25.3 Å². The van der Waals surface area contributed by atoms with Crippen molar-refractivity contribution in [1.82, 2.24) is 15.1 Å². The molecule has 5 heteroatoms. The van der Waals surface area contributed by atoms with Crippen LogP contribution in [0.1, 0.15) is 20.3 Å². The molecule has 2 heterocycles.